The number of imidazole rings is 1. The van der Waals surface area contributed by atoms with E-state index < -0.39 is 5.97 Å². The Bertz CT molecular complexity index is 269. The number of hydrogen-bond donors (Lipinski definition) is 1. The van der Waals surface area contributed by atoms with Gasteiger partial charge in [0.25, 0.3) is 0 Å². The zero-order valence-electron chi connectivity index (χ0n) is 6.73. The quantitative estimate of drug-likeness (QED) is 0.630. The predicted molar refractivity (Wildman–Crippen MR) is 40.7 cm³/mol. The first kappa shape index (κ1) is 8.73. The van der Waals surface area contributed by atoms with Crippen LogP contribution in [0.2, 0.25) is 0 Å². The van der Waals surface area contributed by atoms with Crippen LogP contribution >= 0.6 is 0 Å². The SMILES string of the molecule is COC(=O)c1cncn1CCO. The van der Waals surface area contributed by atoms with Crippen molar-refractivity contribution in [1.82, 2.24) is 9.55 Å². The van der Waals surface area contributed by atoms with Crippen LogP contribution in [0.1, 0.15) is 10.5 Å². The van der Waals surface area contributed by atoms with Crippen molar-refractivity contribution in [2.75, 3.05) is 13.7 Å². The van der Waals surface area contributed by atoms with Crippen molar-refractivity contribution in [1.29, 1.82) is 0 Å². The number of methoxy groups -OCH3 is 1. The van der Waals surface area contributed by atoms with E-state index in [-0.39, 0.29) is 6.61 Å². The molecule has 0 atom stereocenters. The van der Waals surface area contributed by atoms with Crippen molar-refractivity contribution in [3.05, 3.63) is 18.2 Å². The standard InChI is InChI=1S/C7H10N2O3/c1-12-7(11)6-4-8-5-9(6)2-3-10/h4-5,10H,2-3H2,1H3. The third-order valence-corrected chi connectivity index (χ3v) is 1.45. The number of aliphatic hydroxyl groups is 1. The Kier molecular flexibility index (Phi) is 2.82. The maximum absolute atomic E-state index is 11.0. The van der Waals surface area contributed by atoms with E-state index in [1.807, 2.05) is 0 Å². The number of aliphatic hydroxyl groups excluding tert-OH is 1. The molecule has 12 heavy (non-hydrogen) atoms. The number of nitrogens with zero attached hydrogens (tertiary/aromatic N) is 2. The van der Waals surface area contributed by atoms with E-state index >= 15 is 0 Å². The lowest BCUT2D eigenvalue weighted by Gasteiger charge is -2.02. The van der Waals surface area contributed by atoms with Gasteiger partial charge in [-0.25, -0.2) is 9.78 Å². The predicted octanol–water partition coefficient (Wildman–Crippen LogP) is -0.338. The number of carbonyl (C=O) groups excluding carboxylic acids is 1. The molecule has 0 bridgehead atoms. The number of hydrogen-bond acceptors (Lipinski definition) is 4. The van der Waals surface area contributed by atoms with E-state index in [0.29, 0.717) is 12.2 Å². The highest BCUT2D eigenvalue weighted by molar-refractivity contribution is 5.87. The van der Waals surface area contributed by atoms with Crippen LogP contribution in [0.15, 0.2) is 12.5 Å². The average Bonchev–Trinajstić information content (AvgIpc) is 2.52. The fraction of sp³-hybridized carbons (Fsp3) is 0.429. The van der Waals surface area contributed by atoms with E-state index in [4.69, 9.17) is 5.11 Å². The summed E-state index contributed by atoms with van der Waals surface area (Å²) in [5, 5.41) is 8.62. The second-order valence-electron chi connectivity index (χ2n) is 2.19. The third-order valence-electron chi connectivity index (χ3n) is 1.45. The molecule has 1 heterocycles. The maximum Gasteiger partial charge on any atom is 0.356 e. The zero-order chi connectivity index (χ0) is 8.97. The molecule has 0 saturated heterocycles. The molecular formula is C7H10N2O3. The number of aromatic nitrogens is 2. The molecule has 0 unspecified atom stereocenters. The molecule has 1 aromatic rings. The molecule has 0 saturated carbocycles. The molecule has 1 aromatic heterocycles. The maximum atomic E-state index is 11.0. The molecule has 0 aliphatic rings. The van der Waals surface area contributed by atoms with Crippen LogP contribution in [0.4, 0.5) is 0 Å². The van der Waals surface area contributed by atoms with Crippen molar-refractivity contribution in [3.8, 4) is 0 Å². The zero-order valence-corrected chi connectivity index (χ0v) is 6.73. The van der Waals surface area contributed by atoms with Gasteiger partial charge in [0.2, 0.25) is 0 Å². The summed E-state index contributed by atoms with van der Waals surface area (Å²) in [6, 6.07) is 0. The van der Waals surface area contributed by atoms with Gasteiger partial charge in [0.05, 0.1) is 26.2 Å². The van der Waals surface area contributed by atoms with Crippen LogP contribution in [0.3, 0.4) is 0 Å². The summed E-state index contributed by atoms with van der Waals surface area (Å²) in [5.74, 6) is -0.444. The number of esters is 1. The van der Waals surface area contributed by atoms with Crippen LogP contribution in [0.25, 0.3) is 0 Å². The molecule has 1 N–H and O–H groups in total. The molecule has 0 amide bonds. The van der Waals surface area contributed by atoms with Crippen molar-refractivity contribution in [2.24, 2.45) is 0 Å². The minimum absolute atomic E-state index is 0.0274. The van der Waals surface area contributed by atoms with Gasteiger partial charge >= 0.3 is 5.97 Å². The van der Waals surface area contributed by atoms with Crippen molar-refractivity contribution >= 4 is 5.97 Å². The van der Waals surface area contributed by atoms with E-state index in [2.05, 4.69) is 9.72 Å². The Labute approximate surface area is 69.6 Å². The molecule has 0 radical (unpaired) electrons. The Balaban J connectivity index is 2.83. The molecule has 66 valence electrons. The van der Waals surface area contributed by atoms with E-state index in [0.717, 1.165) is 0 Å². The van der Waals surface area contributed by atoms with Gasteiger partial charge in [-0.3, -0.25) is 0 Å². The molecule has 5 heteroatoms. The summed E-state index contributed by atoms with van der Waals surface area (Å²) < 4.78 is 6.03. The normalized spacial score (nSPS) is 9.83. The summed E-state index contributed by atoms with van der Waals surface area (Å²) >= 11 is 0. The molecule has 1 rings (SSSR count). The lowest BCUT2D eigenvalue weighted by atomic mass is 10.4. The van der Waals surface area contributed by atoms with Crippen LogP contribution in [-0.2, 0) is 11.3 Å². The number of ether oxygens (including phenoxy) is 1. The van der Waals surface area contributed by atoms with Gasteiger partial charge in [0, 0.05) is 6.54 Å². The minimum atomic E-state index is -0.444. The van der Waals surface area contributed by atoms with Crippen LogP contribution in [0.5, 0.6) is 0 Å². The van der Waals surface area contributed by atoms with Crippen molar-refractivity contribution in [2.45, 2.75) is 6.54 Å². The summed E-state index contributed by atoms with van der Waals surface area (Å²) in [6.45, 7) is 0.324. The first-order valence-electron chi connectivity index (χ1n) is 3.49. The molecule has 0 fully saturated rings. The van der Waals surface area contributed by atoms with Crippen LogP contribution in [-0.4, -0.2) is 34.3 Å². The average molecular weight is 170 g/mol. The molecule has 0 aliphatic carbocycles. The second kappa shape index (κ2) is 3.87. The number of carbonyl (C=O) groups is 1. The molecular weight excluding hydrogens is 160 g/mol. The molecule has 0 aromatic carbocycles. The van der Waals surface area contributed by atoms with E-state index in [1.165, 1.54) is 24.2 Å². The highest BCUT2D eigenvalue weighted by atomic mass is 16.5. The van der Waals surface area contributed by atoms with Gasteiger partial charge in [0.1, 0.15) is 5.69 Å². The highest BCUT2D eigenvalue weighted by Crippen LogP contribution is 2.00. The Morgan fingerprint density at radius 3 is 3.17 bits per heavy atom. The van der Waals surface area contributed by atoms with E-state index in [9.17, 15) is 4.79 Å². The summed E-state index contributed by atoms with van der Waals surface area (Å²) in [7, 11) is 1.30. The monoisotopic (exact) mass is 170 g/mol. The van der Waals surface area contributed by atoms with Gasteiger partial charge in [-0.05, 0) is 0 Å². The van der Waals surface area contributed by atoms with Gasteiger partial charge in [-0.1, -0.05) is 0 Å². The van der Waals surface area contributed by atoms with Crippen molar-refractivity contribution < 1.29 is 14.6 Å². The molecule has 0 aliphatic heterocycles. The lowest BCUT2D eigenvalue weighted by molar-refractivity contribution is 0.0587. The molecule has 0 spiro atoms. The van der Waals surface area contributed by atoms with Crippen LogP contribution in [0, 0.1) is 0 Å². The van der Waals surface area contributed by atoms with Gasteiger partial charge < -0.3 is 14.4 Å². The minimum Gasteiger partial charge on any atom is -0.464 e. The van der Waals surface area contributed by atoms with Crippen molar-refractivity contribution in [3.63, 3.8) is 0 Å². The van der Waals surface area contributed by atoms with Crippen LogP contribution < -0.4 is 0 Å². The van der Waals surface area contributed by atoms with Gasteiger partial charge in [0.15, 0.2) is 0 Å². The fourth-order valence-electron chi connectivity index (χ4n) is 0.881. The largest absolute Gasteiger partial charge is 0.464 e. The smallest absolute Gasteiger partial charge is 0.356 e. The summed E-state index contributed by atoms with van der Waals surface area (Å²) in [4.78, 5) is 14.8. The highest BCUT2D eigenvalue weighted by Gasteiger charge is 2.10. The number of rotatable bonds is 3. The van der Waals surface area contributed by atoms with E-state index in [1.54, 1.807) is 0 Å². The fourth-order valence-corrected chi connectivity index (χ4v) is 0.881. The topological polar surface area (TPSA) is 64.3 Å². The van der Waals surface area contributed by atoms with Gasteiger partial charge in [-0.15, -0.1) is 0 Å². The Morgan fingerprint density at radius 2 is 2.58 bits per heavy atom. The first-order chi connectivity index (χ1) is 5.79. The van der Waals surface area contributed by atoms with Gasteiger partial charge in [-0.2, -0.15) is 0 Å². The first-order valence-corrected chi connectivity index (χ1v) is 3.49. The molecule has 5 nitrogen and oxygen atoms in total. The third kappa shape index (κ3) is 1.62. The summed E-state index contributed by atoms with van der Waals surface area (Å²) in [5.41, 5.74) is 0.353. The summed E-state index contributed by atoms with van der Waals surface area (Å²) in [6.07, 6.45) is 2.88. The Morgan fingerprint density at radius 1 is 1.83 bits per heavy atom. The Hall–Kier alpha value is -1.36. The lowest BCUT2D eigenvalue weighted by Crippen LogP contribution is -2.11. The second-order valence-corrected chi connectivity index (χ2v) is 2.19.